The predicted octanol–water partition coefficient (Wildman–Crippen LogP) is 1.15. The molecule has 0 spiro atoms. The summed E-state index contributed by atoms with van der Waals surface area (Å²) in [4.78, 5) is 24.3. The molecule has 1 aliphatic heterocycles. The number of hydrogen-bond donors (Lipinski definition) is 1. The Morgan fingerprint density at radius 1 is 1.36 bits per heavy atom. The van der Waals surface area contributed by atoms with Crippen LogP contribution in [0.25, 0.3) is 0 Å². The summed E-state index contributed by atoms with van der Waals surface area (Å²) < 4.78 is 15.6. The maximum absolute atomic E-state index is 12.2. The maximum Gasteiger partial charge on any atom is 0.334 e. The van der Waals surface area contributed by atoms with Crippen molar-refractivity contribution in [1.82, 2.24) is 5.32 Å². The van der Waals surface area contributed by atoms with Crippen molar-refractivity contribution >= 4 is 11.9 Å². The van der Waals surface area contributed by atoms with Gasteiger partial charge in [0.25, 0.3) is 0 Å². The van der Waals surface area contributed by atoms with Crippen LogP contribution in [-0.2, 0) is 19.1 Å². The minimum Gasteiger partial charge on any atom is -0.491 e. The zero-order valence-electron chi connectivity index (χ0n) is 12.8. The molecule has 22 heavy (non-hydrogen) atoms. The van der Waals surface area contributed by atoms with E-state index in [4.69, 9.17) is 14.2 Å². The molecule has 0 bridgehead atoms. The number of carbonyl (C=O) groups is 2. The van der Waals surface area contributed by atoms with Crippen molar-refractivity contribution in [3.05, 3.63) is 30.3 Å². The van der Waals surface area contributed by atoms with Crippen LogP contribution in [0.2, 0.25) is 0 Å². The molecule has 1 aromatic rings. The molecule has 6 nitrogen and oxygen atoms in total. The second-order valence-corrected chi connectivity index (χ2v) is 5.48. The molecule has 2 atom stereocenters. The number of rotatable bonds is 6. The van der Waals surface area contributed by atoms with E-state index in [0.717, 1.165) is 0 Å². The molecular weight excluding hydrogens is 286 g/mol. The number of esters is 1. The minimum atomic E-state index is -1.25. The quantitative estimate of drug-likeness (QED) is 0.798. The summed E-state index contributed by atoms with van der Waals surface area (Å²) in [5, 5.41) is 2.74. The summed E-state index contributed by atoms with van der Waals surface area (Å²) in [5.41, 5.74) is -1.25. The lowest BCUT2D eigenvalue weighted by Gasteiger charge is -2.28. The number of nitrogens with one attached hydrogen (secondary N) is 1. The van der Waals surface area contributed by atoms with Crippen LogP contribution in [0.3, 0.4) is 0 Å². The fourth-order valence-electron chi connectivity index (χ4n) is 2.23. The van der Waals surface area contributed by atoms with Gasteiger partial charge in [0.2, 0.25) is 5.91 Å². The molecule has 0 saturated carbocycles. The largest absolute Gasteiger partial charge is 0.491 e. The lowest BCUT2D eigenvalue weighted by Crippen LogP contribution is -2.58. The van der Waals surface area contributed by atoms with Gasteiger partial charge in [-0.05, 0) is 25.5 Å². The van der Waals surface area contributed by atoms with Crippen LogP contribution in [0.1, 0.15) is 13.3 Å². The number of methoxy groups -OCH3 is 1. The molecule has 0 radical (unpaired) electrons. The highest BCUT2D eigenvalue weighted by molar-refractivity contribution is 5.89. The fourth-order valence-corrected chi connectivity index (χ4v) is 2.23. The third-order valence-corrected chi connectivity index (χ3v) is 3.61. The maximum atomic E-state index is 12.2. The average molecular weight is 307 g/mol. The monoisotopic (exact) mass is 307 g/mol. The summed E-state index contributed by atoms with van der Waals surface area (Å²) in [6.07, 6.45) is 0.655. The van der Waals surface area contributed by atoms with Gasteiger partial charge in [0.05, 0.1) is 19.6 Å². The molecule has 1 aromatic carbocycles. The van der Waals surface area contributed by atoms with E-state index >= 15 is 0 Å². The molecule has 0 unspecified atom stereocenters. The smallest absolute Gasteiger partial charge is 0.334 e. The van der Waals surface area contributed by atoms with E-state index in [1.165, 1.54) is 7.11 Å². The molecule has 1 N–H and O–H groups in total. The lowest BCUT2D eigenvalue weighted by molar-refractivity contribution is -0.152. The van der Waals surface area contributed by atoms with Gasteiger partial charge in [-0.1, -0.05) is 18.2 Å². The van der Waals surface area contributed by atoms with Crippen molar-refractivity contribution in [2.45, 2.75) is 18.9 Å². The molecule has 1 aliphatic rings. The average Bonchev–Trinajstić information content (AvgIpc) is 3.08. The predicted molar refractivity (Wildman–Crippen MR) is 79.4 cm³/mol. The van der Waals surface area contributed by atoms with Crippen molar-refractivity contribution < 1.29 is 23.8 Å². The van der Waals surface area contributed by atoms with E-state index in [-0.39, 0.29) is 18.4 Å². The van der Waals surface area contributed by atoms with E-state index in [1.807, 2.05) is 18.2 Å². The molecule has 120 valence electrons. The van der Waals surface area contributed by atoms with Crippen LogP contribution in [0, 0.1) is 5.92 Å². The van der Waals surface area contributed by atoms with Gasteiger partial charge in [0, 0.05) is 6.61 Å². The third-order valence-electron chi connectivity index (χ3n) is 3.61. The van der Waals surface area contributed by atoms with Crippen LogP contribution in [-0.4, -0.2) is 44.3 Å². The van der Waals surface area contributed by atoms with Gasteiger partial charge in [-0.15, -0.1) is 0 Å². The highest BCUT2D eigenvalue weighted by Gasteiger charge is 2.39. The van der Waals surface area contributed by atoms with Crippen LogP contribution < -0.4 is 10.1 Å². The van der Waals surface area contributed by atoms with Crippen molar-refractivity contribution in [3.8, 4) is 5.75 Å². The van der Waals surface area contributed by atoms with E-state index in [1.54, 1.807) is 19.1 Å². The first-order valence-electron chi connectivity index (χ1n) is 7.21. The van der Waals surface area contributed by atoms with Gasteiger partial charge in [0.1, 0.15) is 12.4 Å². The Morgan fingerprint density at radius 2 is 2.09 bits per heavy atom. The summed E-state index contributed by atoms with van der Waals surface area (Å²) in [5.74, 6) is -0.380. The Hall–Kier alpha value is -2.08. The second-order valence-electron chi connectivity index (χ2n) is 5.48. The number of amides is 1. The normalized spacial score (nSPS) is 20.0. The Bertz CT molecular complexity index is 513. The van der Waals surface area contributed by atoms with Crippen LogP contribution in [0.5, 0.6) is 5.75 Å². The third kappa shape index (κ3) is 3.98. The van der Waals surface area contributed by atoms with Gasteiger partial charge >= 0.3 is 5.97 Å². The summed E-state index contributed by atoms with van der Waals surface area (Å²) in [7, 11) is 1.29. The van der Waals surface area contributed by atoms with Crippen molar-refractivity contribution in [2.24, 2.45) is 5.92 Å². The minimum absolute atomic E-state index is 0.0109. The Balaban J connectivity index is 2.02. The Kier molecular flexibility index (Phi) is 5.38. The van der Waals surface area contributed by atoms with E-state index in [9.17, 15) is 9.59 Å². The fraction of sp³-hybridized carbons (Fsp3) is 0.500. The first-order chi connectivity index (χ1) is 10.5. The Morgan fingerprint density at radius 3 is 2.68 bits per heavy atom. The number of ether oxygens (including phenoxy) is 3. The van der Waals surface area contributed by atoms with Gasteiger partial charge in [-0.25, -0.2) is 4.79 Å². The van der Waals surface area contributed by atoms with Crippen molar-refractivity contribution in [2.75, 3.05) is 26.9 Å². The van der Waals surface area contributed by atoms with Gasteiger partial charge < -0.3 is 19.5 Å². The van der Waals surface area contributed by atoms with Crippen molar-refractivity contribution in [1.29, 1.82) is 0 Å². The van der Waals surface area contributed by atoms with E-state index in [2.05, 4.69) is 5.32 Å². The molecule has 2 rings (SSSR count). The summed E-state index contributed by atoms with van der Waals surface area (Å²) in [6, 6.07) is 9.10. The molecule has 0 aliphatic carbocycles. The highest BCUT2D eigenvalue weighted by Crippen LogP contribution is 2.17. The summed E-state index contributed by atoms with van der Waals surface area (Å²) in [6.45, 7) is 2.52. The number of hydrogen-bond acceptors (Lipinski definition) is 5. The zero-order valence-corrected chi connectivity index (χ0v) is 12.8. The first kappa shape index (κ1) is 16.3. The topological polar surface area (TPSA) is 73.9 Å². The number of para-hydroxylation sites is 1. The first-order valence-corrected chi connectivity index (χ1v) is 7.21. The van der Waals surface area contributed by atoms with Gasteiger partial charge in [-0.2, -0.15) is 0 Å². The SMILES string of the molecule is COC(=O)[C@](C)(COc1ccccc1)NC(=O)[C@@H]1CCOC1. The molecular formula is C16H21NO5. The molecule has 1 saturated heterocycles. The zero-order chi connectivity index (χ0) is 16.0. The van der Waals surface area contributed by atoms with E-state index in [0.29, 0.717) is 25.4 Å². The number of carbonyl (C=O) groups excluding carboxylic acids is 2. The number of benzene rings is 1. The van der Waals surface area contributed by atoms with Crippen LogP contribution in [0.15, 0.2) is 30.3 Å². The molecule has 0 aromatic heterocycles. The Labute approximate surface area is 129 Å². The molecule has 6 heteroatoms. The van der Waals surface area contributed by atoms with Crippen LogP contribution >= 0.6 is 0 Å². The van der Waals surface area contributed by atoms with Crippen molar-refractivity contribution in [3.63, 3.8) is 0 Å². The van der Waals surface area contributed by atoms with Crippen LogP contribution in [0.4, 0.5) is 0 Å². The molecule has 1 fully saturated rings. The molecule has 1 heterocycles. The van der Waals surface area contributed by atoms with E-state index < -0.39 is 11.5 Å². The van der Waals surface area contributed by atoms with Gasteiger partial charge in [0.15, 0.2) is 5.54 Å². The lowest BCUT2D eigenvalue weighted by atomic mass is 10.0. The standard InChI is InChI=1S/C16H21NO5/c1-16(15(19)20-2,11-22-13-6-4-3-5-7-13)17-14(18)12-8-9-21-10-12/h3-7,12H,8-11H2,1-2H3,(H,17,18)/t12-,16+/m1/s1. The summed E-state index contributed by atoms with van der Waals surface area (Å²) >= 11 is 0. The van der Waals surface area contributed by atoms with Gasteiger partial charge in [-0.3, -0.25) is 4.79 Å². The second kappa shape index (κ2) is 7.26. The molecule has 1 amide bonds. The highest BCUT2D eigenvalue weighted by atomic mass is 16.5.